The molecule has 0 bridgehead atoms. The van der Waals surface area contributed by atoms with Gasteiger partial charge in [0.2, 0.25) is 0 Å². The normalized spacial score (nSPS) is 11.5. The number of para-hydroxylation sites is 1. The zero-order chi connectivity index (χ0) is 17.4. The Balaban J connectivity index is 2.53. The molecule has 1 aromatic carbocycles. The Labute approximate surface area is 135 Å². The first-order valence-electron chi connectivity index (χ1n) is 7.26. The van der Waals surface area contributed by atoms with Crippen molar-refractivity contribution in [3.8, 4) is 5.75 Å². The van der Waals surface area contributed by atoms with Crippen molar-refractivity contribution >= 4 is 17.9 Å². The van der Waals surface area contributed by atoms with Crippen molar-refractivity contribution in [3.63, 3.8) is 0 Å². The molecule has 0 saturated heterocycles. The Hall–Kier alpha value is -2.57. The lowest BCUT2D eigenvalue weighted by molar-refractivity contribution is -0.153. The molecule has 0 aliphatic rings. The van der Waals surface area contributed by atoms with Crippen molar-refractivity contribution < 1.29 is 23.9 Å². The average Bonchev–Trinajstić information content (AvgIpc) is 2.46. The lowest BCUT2D eigenvalue weighted by Crippen LogP contribution is -2.46. The third-order valence-corrected chi connectivity index (χ3v) is 2.86. The third kappa shape index (κ3) is 6.37. The van der Waals surface area contributed by atoms with Crippen LogP contribution in [-0.4, -0.2) is 37.2 Å². The fraction of sp³-hybridized carbons (Fsp3) is 0.438. The summed E-state index contributed by atoms with van der Waals surface area (Å²) in [6.07, 6.45) is -1.10. The van der Waals surface area contributed by atoms with Gasteiger partial charge in [-0.15, -0.1) is 0 Å². The van der Waals surface area contributed by atoms with Crippen LogP contribution in [0.1, 0.15) is 26.3 Å². The summed E-state index contributed by atoms with van der Waals surface area (Å²) in [4.78, 5) is 35.1. The van der Waals surface area contributed by atoms with Crippen molar-refractivity contribution in [1.29, 1.82) is 0 Å². The molecule has 1 rings (SSSR count). The Morgan fingerprint density at radius 2 is 1.78 bits per heavy atom. The molecule has 0 aliphatic carbocycles. The molecule has 0 heterocycles. The van der Waals surface area contributed by atoms with Gasteiger partial charge in [0, 0.05) is 11.6 Å². The number of amides is 3. The van der Waals surface area contributed by atoms with Gasteiger partial charge in [-0.1, -0.05) is 18.2 Å². The standard InChI is InChI=1S/C16H22N2O5/c1-10(2)17-16(21)18-15(20)11(3)23-14(19)9-12-7-5-6-8-13(12)22-4/h5-8,10-11H,9H2,1-4H3,(H2,17,18,20,21)/t11-/m0/s1. The van der Waals surface area contributed by atoms with E-state index in [-0.39, 0.29) is 12.5 Å². The van der Waals surface area contributed by atoms with Gasteiger partial charge in [-0.25, -0.2) is 4.79 Å². The molecular formula is C16H22N2O5. The molecule has 0 unspecified atom stereocenters. The van der Waals surface area contributed by atoms with Gasteiger partial charge in [0.1, 0.15) is 5.75 Å². The van der Waals surface area contributed by atoms with Crippen LogP contribution in [0.25, 0.3) is 0 Å². The molecule has 23 heavy (non-hydrogen) atoms. The molecule has 0 radical (unpaired) electrons. The van der Waals surface area contributed by atoms with Gasteiger partial charge in [0.25, 0.3) is 5.91 Å². The Morgan fingerprint density at radius 3 is 2.39 bits per heavy atom. The van der Waals surface area contributed by atoms with Crippen molar-refractivity contribution in [2.24, 2.45) is 0 Å². The number of benzene rings is 1. The van der Waals surface area contributed by atoms with Gasteiger partial charge in [0.15, 0.2) is 6.10 Å². The molecule has 0 aromatic heterocycles. The van der Waals surface area contributed by atoms with Gasteiger partial charge in [-0.2, -0.15) is 0 Å². The molecule has 1 atom stereocenters. The summed E-state index contributed by atoms with van der Waals surface area (Å²) < 4.78 is 10.2. The number of methoxy groups -OCH3 is 1. The Morgan fingerprint density at radius 1 is 1.13 bits per heavy atom. The van der Waals surface area contributed by atoms with Crippen molar-refractivity contribution in [2.45, 2.75) is 39.3 Å². The maximum atomic E-state index is 11.9. The summed E-state index contributed by atoms with van der Waals surface area (Å²) in [5, 5.41) is 4.62. The van der Waals surface area contributed by atoms with Gasteiger partial charge in [-0.3, -0.25) is 14.9 Å². The van der Waals surface area contributed by atoms with Gasteiger partial charge in [0.05, 0.1) is 13.5 Å². The molecular weight excluding hydrogens is 300 g/mol. The second kappa shape index (κ2) is 8.77. The van der Waals surface area contributed by atoms with E-state index in [0.29, 0.717) is 11.3 Å². The van der Waals surface area contributed by atoms with Crippen molar-refractivity contribution in [2.75, 3.05) is 7.11 Å². The number of hydrogen-bond acceptors (Lipinski definition) is 5. The van der Waals surface area contributed by atoms with Crippen molar-refractivity contribution in [1.82, 2.24) is 10.6 Å². The number of rotatable bonds is 6. The molecule has 126 valence electrons. The average molecular weight is 322 g/mol. The van der Waals surface area contributed by atoms with Crippen LogP contribution >= 0.6 is 0 Å². The molecule has 0 fully saturated rings. The number of urea groups is 1. The van der Waals surface area contributed by atoms with Crippen LogP contribution in [-0.2, 0) is 20.7 Å². The van der Waals surface area contributed by atoms with Crippen molar-refractivity contribution in [3.05, 3.63) is 29.8 Å². The number of imide groups is 1. The predicted octanol–water partition coefficient (Wildman–Crippen LogP) is 1.40. The fourth-order valence-corrected chi connectivity index (χ4v) is 1.81. The maximum absolute atomic E-state index is 11.9. The second-order valence-electron chi connectivity index (χ2n) is 5.24. The minimum atomic E-state index is -1.07. The Kier molecular flexibility index (Phi) is 7.05. The van der Waals surface area contributed by atoms with E-state index in [1.807, 2.05) is 0 Å². The van der Waals surface area contributed by atoms with Crippen LogP contribution in [0.4, 0.5) is 4.79 Å². The summed E-state index contributed by atoms with van der Waals surface area (Å²) in [7, 11) is 1.51. The van der Waals surface area contributed by atoms with Crippen LogP contribution in [0.15, 0.2) is 24.3 Å². The SMILES string of the molecule is COc1ccccc1CC(=O)O[C@@H](C)C(=O)NC(=O)NC(C)C. The van der Waals surface area contributed by atoms with E-state index in [9.17, 15) is 14.4 Å². The summed E-state index contributed by atoms with van der Waals surface area (Å²) in [6, 6.07) is 6.30. The maximum Gasteiger partial charge on any atom is 0.321 e. The minimum absolute atomic E-state index is 0.0280. The number of carbonyl (C=O) groups excluding carboxylic acids is 3. The first-order chi connectivity index (χ1) is 10.8. The molecule has 0 spiro atoms. The highest BCUT2D eigenvalue weighted by atomic mass is 16.5. The highest BCUT2D eigenvalue weighted by Gasteiger charge is 2.20. The molecule has 7 nitrogen and oxygen atoms in total. The summed E-state index contributed by atoms with van der Waals surface area (Å²) >= 11 is 0. The number of nitrogens with one attached hydrogen (secondary N) is 2. The van der Waals surface area contributed by atoms with Gasteiger partial charge < -0.3 is 14.8 Å². The highest BCUT2D eigenvalue weighted by Crippen LogP contribution is 2.18. The fourth-order valence-electron chi connectivity index (χ4n) is 1.81. The molecule has 7 heteroatoms. The van der Waals surface area contributed by atoms with E-state index >= 15 is 0 Å². The van der Waals surface area contributed by atoms with E-state index in [4.69, 9.17) is 9.47 Å². The largest absolute Gasteiger partial charge is 0.496 e. The van der Waals surface area contributed by atoms with Gasteiger partial charge >= 0.3 is 12.0 Å². The van der Waals surface area contributed by atoms with Crippen LogP contribution < -0.4 is 15.4 Å². The molecule has 2 N–H and O–H groups in total. The molecule has 3 amide bonds. The topological polar surface area (TPSA) is 93.7 Å². The molecule has 0 saturated carbocycles. The lowest BCUT2D eigenvalue weighted by atomic mass is 10.1. The smallest absolute Gasteiger partial charge is 0.321 e. The first kappa shape index (κ1) is 18.5. The van der Waals surface area contributed by atoms with Gasteiger partial charge in [-0.05, 0) is 26.8 Å². The monoisotopic (exact) mass is 322 g/mol. The highest BCUT2D eigenvalue weighted by molar-refractivity contribution is 5.97. The van der Waals surface area contributed by atoms with E-state index in [1.54, 1.807) is 38.1 Å². The van der Waals surface area contributed by atoms with Crippen LogP contribution in [0, 0.1) is 0 Å². The van der Waals surface area contributed by atoms with Crippen LogP contribution in [0.5, 0.6) is 5.75 Å². The summed E-state index contributed by atoms with van der Waals surface area (Å²) in [6.45, 7) is 4.93. The Bertz CT molecular complexity index is 571. The number of hydrogen-bond donors (Lipinski definition) is 2. The zero-order valence-corrected chi connectivity index (χ0v) is 13.7. The molecule has 1 aromatic rings. The third-order valence-electron chi connectivity index (χ3n) is 2.86. The first-order valence-corrected chi connectivity index (χ1v) is 7.26. The zero-order valence-electron chi connectivity index (χ0n) is 13.7. The predicted molar refractivity (Wildman–Crippen MR) is 84.1 cm³/mol. The van der Waals surface area contributed by atoms with Crippen LogP contribution in [0.3, 0.4) is 0 Å². The van der Waals surface area contributed by atoms with Crippen LogP contribution in [0.2, 0.25) is 0 Å². The van der Waals surface area contributed by atoms with E-state index < -0.39 is 24.0 Å². The van der Waals surface area contributed by atoms with E-state index in [2.05, 4.69) is 10.6 Å². The lowest BCUT2D eigenvalue weighted by Gasteiger charge is -2.15. The molecule has 0 aliphatic heterocycles. The summed E-state index contributed by atoms with van der Waals surface area (Å²) in [5.74, 6) is -0.698. The minimum Gasteiger partial charge on any atom is -0.496 e. The van der Waals surface area contributed by atoms with E-state index in [0.717, 1.165) is 0 Å². The van der Waals surface area contributed by atoms with E-state index in [1.165, 1.54) is 14.0 Å². The quantitative estimate of drug-likeness (QED) is 0.772. The number of carbonyl (C=O) groups is 3. The number of ether oxygens (including phenoxy) is 2. The second-order valence-corrected chi connectivity index (χ2v) is 5.24. The number of esters is 1. The summed E-state index contributed by atoms with van der Waals surface area (Å²) in [5.41, 5.74) is 0.658.